The molecule has 4 unspecified atom stereocenters. The van der Waals surface area contributed by atoms with Crippen molar-refractivity contribution in [2.24, 2.45) is 11.3 Å². The molecule has 26 heavy (non-hydrogen) atoms. The number of rotatable bonds is 7. The lowest BCUT2D eigenvalue weighted by molar-refractivity contribution is -0.133. The predicted octanol–water partition coefficient (Wildman–Crippen LogP) is 1.59. The van der Waals surface area contributed by atoms with Crippen LogP contribution in [-0.2, 0) is 14.4 Å². The molecule has 6 nitrogen and oxygen atoms in total. The Labute approximate surface area is 160 Å². The summed E-state index contributed by atoms with van der Waals surface area (Å²) < 4.78 is 0. The summed E-state index contributed by atoms with van der Waals surface area (Å²) in [5.74, 6) is -0.698. The Morgan fingerprint density at radius 2 is 1.96 bits per heavy atom. The van der Waals surface area contributed by atoms with Gasteiger partial charge in [0.1, 0.15) is 5.92 Å². The second kappa shape index (κ2) is 8.19. The molecule has 0 aromatic heterocycles. The number of carbonyl (C=O) groups excluding carboxylic acids is 3. The number of thioether (sulfide) groups is 1. The molecular formula is C19H31N3O3S. The zero-order valence-electron chi connectivity index (χ0n) is 15.8. The Morgan fingerprint density at radius 1 is 1.27 bits per heavy atom. The lowest BCUT2D eigenvalue weighted by Gasteiger charge is -2.36. The van der Waals surface area contributed by atoms with E-state index in [9.17, 15) is 14.4 Å². The minimum absolute atomic E-state index is 0.0956. The van der Waals surface area contributed by atoms with E-state index in [4.69, 9.17) is 0 Å². The van der Waals surface area contributed by atoms with Gasteiger partial charge < -0.3 is 16.0 Å². The van der Waals surface area contributed by atoms with Crippen LogP contribution in [0, 0.1) is 11.3 Å². The molecule has 7 heteroatoms. The van der Waals surface area contributed by atoms with Gasteiger partial charge in [-0.05, 0) is 51.9 Å². The van der Waals surface area contributed by atoms with E-state index < -0.39 is 5.92 Å². The maximum absolute atomic E-state index is 12.8. The molecule has 146 valence electrons. The van der Waals surface area contributed by atoms with E-state index in [0.29, 0.717) is 30.0 Å². The molecule has 3 fully saturated rings. The van der Waals surface area contributed by atoms with Crippen molar-refractivity contribution in [3.8, 4) is 0 Å². The smallest absolute Gasteiger partial charge is 0.232 e. The van der Waals surface area contributed by atoms with E-state index in [1.54, 1.807) is 0 Å². The number of carbonyl (C=O) groups is 3. The highest BCUT2D eigenvalue weighted by atomic mass is 32.2. The van der Waals surface area contributed by atoms with Gasteiger partial charge in [-0.3, -0.25) is 14.4 Å². The molecule has 0 spiro atoms. The normalized spacial score (nSPS) is 34.2. The third-order valence-electron chi connectivity index (χ3n) is 5.96. The van der Waals surface area contributed by atoms with Crippen LogP contribution >= 0.6 is 11.8 Å². The highest BCUT2D eigenvalue weighted by Crippen LogP contribution is 2.51. The van der Waals surface area contributed by atoms with Gasteiger partial charge in [0, 0.05) is 35.0 Å². The first kappa shape index (κ1) is 19.5. The van der Waals surface area contributed by atoms with Crippen LogP contribution in [0.4, 0.5) is 0 Å². The topological polar surface area (TPSA) is 87.3 Å². The Balaban J connectivity index is 1.35. The van der Waals surface area contributed by atoms with Crippen LogP contribution in [0.3, 0.4) is 0 Å². The Kier molecular flexibility index (Phi) is 6.15. The summed E-state index contributed by atoms with van der Waals surface area (Å²) in [5.41, 5.74) is -0.227. The molecule has 0 aromatic rings. The van der Waals surface area contributed by atoms with Gasteiger partial charge in [-0.15, -0.1) is 0 Å². The fourth-order valence-electron chi connectivity index (χ4n) is 4.41. The Bertz CT molecular complexity index is 556. The van der Waals surface area contributed by atoms with Gasteiger partial charge in [0.2, 0.25) is 17.7 Å². The van der Waals surface area contributed by atoms with Crippen molar-refractivity contribution in [1.29, 1.82) is 0 Å². The number of amides is 3. The van der Waals surface area contributed by atoms with Crippen molar-refractivity contribution in [2.45, 2.75) is 75.3 Å². The van der Waals surface area contributed by atoms with Gasteiger partial charge in [-0.1, -0.05) is 6.92 Å². The molecule has 4 atom stereocenters. The van der Waals surface area contributed by atoms with Gasteiger partial charge in [0.15, 0.2) is 0 Å². The van der Waals surface area contributed by atoms with Crippen molar-refractivity contribution < 1.29 is 14.4 Å². The van der Waals surface area contributed by atoms with Crippen LogP contribution in [0.5, 0.6) is 0 Å². The van der Waals surface area contributed by atoms with Crippen LogP contribution in [0.2, 0.25) is 0 Å². The monoisotopic (exact) mass is 381 g/mol. The summed E-state index contributed by atoms with van der Waals surface area (Å²) in [7, 11) is 0. The lowest BCUT2D eigenvalue weighted by Crippen LogP contribution is -2.46. The Morgan fingerprint density at radius 3 is 2.58 bits per heavy atom. The summed E-state index contributed by atoms with van der Waals surface area (Å²) in [6.45, 7) is 5.27. The second-order valence-corrected chi connectivity index (χ2v) is 9.97. The molecule has 3 aliphatic heterocycles. The molecule has 3 N–H and O–H groups in total. The highest BCUT2D eigenvalue weighted by molar-refractivity contribution is 8.00. The van der Waals surface area contributed by atoms with Crippen molar-refractivity contribution in [2.75, 3.05) is 13.1 Å². The van der Waals surface area contributed by atoms with Crippen molar-refractivity contribution >= 4 is 29.5 Å². The molecular weight excluding hydrogens is 350 g/mol. The van der Waals surface area contributed by atoms with Gasteiger partial charge in [0.05, 0.1) is 0 Å². The number of nitrogens with one attached hydrogen (secondary N) is 3. The predicted molar refractivity (Wildman–Crippen MR) is 103 cm³/mol. The van der Waals surface area contributed by atoms with Crippen molar-refractivity contribution in [3.05, 3.63) is 0 Å². The number of hydrogen-bond acceptors (Lipinski definition) is 4. The zero-order valence-corrected chi connectivity index (χ0v) is 16.6. The highest BCUT2D eigenvalue weighted by Gasteiger charge is 2.46. The maximum Gasteiger partial charge on any atom is 0.232 e. The second-order valence-electron chi connectivity index (χ2n) is 8.37. The first-order valence-corrected chi connectivity index (χ1v) is 10.8. The van der Waals surface area contributed by atoms with Crippen LogP contribution in [0.1, 0.15) is 58.8 Å². The SMILES string of the molecule is CC(CCCNC(=O)C1CCNC1=O)NC(=O)C1(C)CC2CCC(C1)S2. The minimum atomic E-state index is -0.536. The van der Waals surface area contributed by atoms with Crippen LogP contribution in [-0.4, -0.2) is 47.4 Å². The number of hydrogen-bond donors (Lipinski definition) is 3. The molecule has 2 bridgehead atoms. The van der Waals surface area contributed by atoms with Crippen LogP contribution in [0.25, 0.3) is 0 Å². The van der Waals surface area contributed by atoms with Crippen molar-refractivity contribution in [1.82, 2.24) is 16.0 Å². The molecule has 3 heterocycles. The molecule has 3 aliphatic rings. The molecule has 3 rings (SSSR count). The Hall–Kier alpha value is -1.24. The van der Waals surface area contributed by atoms with Crippen LogP contribution in [0.15, 0.2) is 0 Å². The number of fused-ring (bicyclic) bond motifs is 2. The van der Waals surface area contributed by atoms with Gasteiger partial charge in [-0.25, -0.2) is 0 Å². The molecule has 0 saturated carbocycles. The van der Waals surface area contributed by atoms with Crippen molar-refractivity contribution in [3.63, 3.8) is 0 Å². The van der Waals surface area contributed by atoms with Gasteiger partial charge in [-0.2, -0.15) is 11.8 Å². The minimum Gasteiger partial charge on any atom is -0.355 e. The molecule has 3 amide bonds. The first-order valence-electron chi connectivity index (χ1n) is 9.89. The molecule has 0 radical (unpaired) electrons. The quantitative estimate of drug-likeness (QED) is 0.462. The molecule has 0 aliphatic carbocycles. The van der Waals surface area contributed by atoms with E-state index in [1.165, 1.54) is 12.8 Å². The fraction of sp³-hybridized carbons (Fsp3) is 0.842. The maximum atomic E-state index is 12.8. The van der Waals surface area contributed by atoms with E-state index in [-0.39, 0.29) is 29.2 Å². The summed E-state index contributed by atoms with van der Waals surface area (Å²) in [5, 5.41) is 10.0. The van der Waals surface area contributed by atoms with Gasteiger partial charge >= 0.3 is 0 Å². The third kappa shape index (κ3) is 4.53. The van der Waals surface area contributed by atoms with E-state index in [1.807, 2.05) is 6.92 Å². The summed E-state index contributed by atoms with van der Waals surface area (Å²) in [6.07, 6.45) is 6.69. The third-order valence-corrected chi connectivity index (χ3v) is 7.53. The summed E-state index contributed by atoms with van der Waals surface area (Å²) >= 11 is 2.07. The van der Waals surface area contributed by atoms with E-state index in [2.05, 4.69) is 34.6 Å². The summed E-state index contributed by atoms with van der Waals surface area (Å²) in [6, 6.07) is 0.0956. The van der Waals surface area contributed by atoms with Gasteiger partial charge in [0.25, 0.3) is 0 Å². The van der Waals surface area contributed by atoms with E-state index >= 15 is 0 Å². The standard InChI is InChI=1S/C19H31N3O3S/c1-12(4-3-8-20-16(23)15-7-9-21-17(15)24)22-18(25)19(2)10-13-5-6-14(11-19)26-13/h12-15H,3-11H2,1-2H3,(H,20,23)(H,21,24)(H,22,25). The van der Waals surface area contributed by atoms with E-state index in [0.717, 1.165) is 25.7 Å². The van der Waals surface area contributed by atoms with Crippen LogP contribution < -0.4 is 16.0 Å². The lowest BCUT2D eigenvalue weighted by atomic mass is 9.80. The first-order chi connectivity index (χ1) is 12.4. The average molecular weight is 382 g/mol. The average Bonchev–Trinajstić information content (AvgIpc) is 3.16. The molecule has 0 aromatic carbocycles. The largest absolute Gasteiger partial charge is 0.355 e. The zero-order chi connectivity index (χ0) is 18.7. The molecule has 3 saturated heterocycles. The summed E-state index contributed by atoms with van der Waals surface area (Å²) in [4.78, 5) is 36.2. The fourth-order valence-corrected chi connectivity index (χ4v) is 6.43.